The molecule has 4 rings (SSSR count). The molecule has 0 aliphatic carbocycles. The molecule has 0 fully saturated rings. The minimum atomic E-state index is -0.751. The molecule has 6 nitrogen and oxygen atoms in total. The average molecular weight is 573 g/mol. The third-order valence-corrected chi connectivity index (χ3v) is 7.21. The molecule has 2 heterocycles. The van der Waals surface area contributed by atoms with Crippen molar-refractivity contribution in [3.63, 3.8) is 0 Å². The van der Waals surface area contributed by atoms with Crippen molar-refractivity contribution in [3.05, 3.63) is 93.7 Å². The number of ether oxygens (including phenoxy) is 1. The maximum Gasteiger partial charge on any atom is 0.337 e. The highest BCUT2D eigenvalue weighted by Crippen LogP contribution is 2.36. The summed E-state index contributed by atoms with van der Waals surface area (Å²) in [5, 5.41) is 9.92. The Morgan fingerprint density at radius 1 is 1.16 bits per heavy atom. The number of fused-ring (bicyclic) bond motifs is 1. The summed E-state index contributed by atoms with van der Waals surface area (Å²) >= 11 is 7.93. The molecule has 0 unspecified atom stereocenters. The molecule has 1 atom stereocenters. The van der Waals surface area contributed by atoms with Crippen molar-refractivity contribution >= 4 is 66.6 Å². The van der Waals surface area contributed by atoms with Gasteiger partial charge in [0.2, 0.25) is 0 Å². The van der Waals surface area contributed by atoms with Gasteiger partial charge in [-0.2, -0.15) is 5.26 Å². The zero-order valence-corrected chi connectivity index (χ0v) is 20.6. The van der Waals surface area contributed by atoms with Gasteiger partial charge in [0.15, 0.2) is 0 Å². The quantitative estimate of drug-likeness (QED) is 0.486. The Labute approximate surface area is 203 Å². The molecule has 9 heteroatoms. The number of carbonyl (C=O) groups is 1. The Bertz CT molecular complexity index is 1480. The lowest BCUT2D eigenvalue weighted by Crippen LogP contribution is -2.40. The molecule has 1 aliphatic heterocycles. The van der Waals surface area contributed by atoms with E-state index in [0.29, 0.717) is 14.8 Å². The minimum absolute atomic E-state index is 0.0137. The first kappa shape index (κ1) is 22.3. The summed E-state index contributed by atoms with van der Waals surface area (Å²) in [6.07, 6.45) is 1.73. The normalized spacial score (nSPS) is 16.0. The lowest BCUT2D eigenvalue weighted by Gasteiger charge is -2.24. The predicted octanol–water partition coefficient (Wildman–Crippen LogP) is 3.04. The minimum Gasteiger partial charge on any atom is -0.466 e. The smallest absolute Gasteiger partial charge is 0.337 e. The molecule has 0 amide bonds. The number of hydrogen-bond donors (Lipinski definition) is 1. The number of rotatable bonds is 3. The van der Waals surface area contributed by atoms with Crippen LogP contribution >= 0.6 is 43.2 Å². The molecule has 1 aromatic heterocycles. The van der Waals surface area contributed by atoms with E-state index in [1.54, 1.807) is 18.2 Å². The zero-order valence-electron chi connectivity index (χ0n) is 16.6. The second-order valence-corrected chi connectivity index (χ2v) is 9.77. The Kier molecular flexibility index (Phi) is 6.20. The van der Waals surface area contributed by atoms with Crippen LogP contribution in [-0.4, -0.2) is 17.6 Å². The van der Waals surface area contributed by atoms with Gasteiger partial charge in [-0.3, -0.25) is 9.36 Å². The lowest BCUT2D eigenvalue weighted by atomic mass is 9.84. The van der Waals surface area contributed by atoms with Crippen LogP contribution < -0.4 is 20.5 Å². The number of esters is 1. The SMILES string of the molecule is COC(=O)C1=c2s/c(=C\c3ccc(Br)cc3)c(=O)n2C(N)=C(C#N)[C@H]1c1ccc(Br)cc1. The van der Waals surface area contributed by atoms with Gasteiger partial charge in [-0.15, -0.1) is 11.3 Å². The molecule has 0 saturated heterocycles. The van der Waals surface area contributed by atoms with Gasteiger partial charge >= 0.3 is 5.97 Å². The van der Waals surface area contributed by atoms with E-state index in [1.807, 2.05) is 36.4 Å². The highest BCUT2D eigenvalue weighted by Gasteiger charge is 2.36. The van der Waals surface area contributed by atoms with Crippen molar-refractivity contribution in [2.75, 3.05) is 7.11 Å². The topological polar surface area (TPSA) is 98.1 Å². The van der Waals surface area contributed by atoms with E-state index in [-0.39, 0.29) is 17.0 Å². The van der Waals surface area contributed by atoms with Crippen LogP contribution in [0.2, 0.25) is 0 Å². The van der Waals surface area contributed by atoms with Gasteiger partial charge in [-0.05, 0) is 41.5 Å². The summed E-state index contributed by atoms with van der Waals surface area (Å²) in [6.45, 7) is 0. The van der Waals surface area contributed by atoms with E-state index in [0.717, 1.165) is 25.8 Å². The zero-order chi connectivity index (χ0) is 23.0. The summed E-state index contributed by atoms with van der Waals surface area (Å²) in [4.78, 5) is 26.1. The fraction of sp³-hybridized carbons (Fsp3) is 0.0870. The highest BCUT2D eigenvalue weighted by atomic mass is 79.9. The number of hydrogen-bond acceptors (Lipinski definition) is 6. The number of allylic oxidation sites excluding steroid dienone is 1. The third kappa shape index (κ3) is 3.86. The first-order chi connectivity index (χ1) is 15.3. The maximum absolute atomic E-state index is 13.2. The van der Waals surface area contributed by atoms with Crippen LogP contribution in [0.15, 0.2) is 67.8 Å². The van der Waals surface area contributed by atoms with Crippen LogP contribution in [0.3, 0.4) is 0 Å². The van der Waals surface area contributed by atoms with Crippen molar-refractivity contribution in [1.29, 1.82) is 5.26 Å². The number of halogens is 2. The molecule has 160 valence electrons. The van der Waals surface area contributed by atoms with E-state index in [4.69, 9.17) is 10.5 Å². The van der Waals surface area contributed by atoms with E-state index in [9.17, 15) is 14.9 Å². The van der Waals surface area contributed by atoms with Crippen LogP contribution in [-0.2, 0) is 9.53 Å². The second kappa shape index (κ2) is 8.90. The molecule has 2 N–H and O–H groups in total. The second-order valence-electron chi connectivity index (χ2n) is 6.91. The first-order valence-electron chi connectivity index (χ1n) is 9.33. The Morgan fingerprint density at radius 2 is 1.75 bits per heavy atom. The van der Waals surface area contributed by atoms with Crippen molar-refractivity contribution in [3.8, 4) is 6.07 Å². The molecule has 0 saturated carbocycles. The van der Waals surface area contributed by atoms with E-state index in [1.165, 1.54) is 11.7 Å². The van der Waals surface area contributed by atoms with Crippen molar-refractivity contribution < 1.29 is 9.53 Å². The maximum atomic E-state index is 13.2. The number of nitrogens with zero attached hydrogens (tertiary/aromatic N) is 2. The molecule has 3 aromatic rings. The fourth-order valence-corrected chi connectivity index (χ4v) is 5.25. The summed E-state index contributed by atoms with van der Waals surface area (Å²) in [6, 6.07) is 16.8. The number of nitrogens with two attached hydrogens (primary N) is 1. The van der Waals surface area contributed by atoms with Crippen LogP contribution in [0.1, 0.15) is 17.0 Å². The summed E-state index contributed by atoms with van der Waals surface area (Å²) in [7, 11) is 1.27. The number of benzene rings is 2. The number of thiazole rings is 1. The molecule has 32 heavy (non-hydrogen) atoms. The van der Waals surface area contributed by atoms with Crippen LogP contribution in [0.4, 0.5) is 0 Å². The van der Waals surface area contributed by atoms with Crippen molar-refractivity contribution in [2.24, 2.45) is 5.73 Å². The predicted molar refractivity (Wildman–Crippen MR) is 131 cm³/mol. The first-order valence-corrected chi connectivity index (χ1v) is 11.7. The molecule has 2 aromatic carbocycles. The summed E-state index contributed by atoms with van der Waals surface area (Å²) < 4.78 is 8.80. The molecule has 0 spiro atoms. The Morgan fingerprint density at radius 3 is 2.31 bits per heavy atom. The largest absolute Gasteiger partial charge is 0.466 e. The van der Waals surface area contributed by atoms with Crippen LogP contribution in [0.5, 0.6) is 0 Å². The summed E-state index contributed by atoms with van der Waals surface area (Å²) in [5.74, 6) is -1.36. The van der Waals surface area contributed by atoms with E-state index >= 15 is 0 Å². The van der Waals surface area contributed by atoms with E-state index in [2.05, 4.69) is 37.9 Å². The van der Waals surface area contributed by atoms with Gasteiger partial charge in [0, 0.05) is 8.95 Å². The number of nitriles is 1. The van der Waals surface area contributed by atoms with Gasteiger partial charge in [0.25, 0.3) is 5.56 Å². The van der Waals surface area contributed by atoms with Gasteiger partial charge in [-0.25, -0.2) is 4.79 Å². The molecule has 0 bridgehead atoms. The Balaban J connectivity index is 2.08. The molecular formula is C23H15Br2N3O3S. The van der Waals surface area contributed by atoms with Crippen LogP contribution in [0.25, 0.3) is 17.5 Å². The third-order valence-electron chi connectivity index (χ3n) is 5.05. The van der Waals surface area contributed by atoms with E-state index < -0.39 is 17.4 Å². The van der Waals surface area contributed by atoms with Gasteiger partial charge in [0.1, 0.15) is 10.5 Å². The number of carbonyl (C=O) groups excluding carboxylic acids is 1. The summed E-state index contributed by atoms with van der Waals surface area (Å²) in [5.41, 5.74) is 7.76. The average Bonchev–Trinajstić information content (AvgIpc) is 3.11. The molecule has 0 radical (unpaired) electrons. The fourth-order valence-electron chi connectivity index (χ4n) is 3.55. The van der Waals surface area contributed by atoms with Crippen LogP contribution in [0, 0.1) is 11.3 Å². The van der Waals surface area contributed by atoms with Crippen molar-refractivity contribution in [2.45, 2.75) is 5.92 Å². The number of aromatic nitrogens is 1. The van der Waals surface area contributed by atoms with Gasteiger partial charge in [-0.1, -0.05) is 56.1 Å². The molecular weight excluding hydrogens is 558 g/mol. The Hall–Kier alpha value is -2.93. The van der Waals surface area contributed by atoms with Gasteiger partial charge < -0.3 is 10.5 Å². The van der Waals surface area contributed by atoms with Crippen molar-refractivity contribution in [1.82, 2.24) is 4.57 Å². The monoisotopic (exact) mass is 571 g/mol. The highest BCUT2D eigenvalue weighted by molar-refractivity contribution is 9.10. The number of methoxy groups -OCH3 is 1. The molecule has 1 aliphatic rings. The lowest BCUT2D eigenvalue weighted by molar-refractivity contribution is -0.134. The standard InChI is InChI=1S/C23H15Br2N3O3S/c1-31-23(30)19-18(13-4-8-15(25)9-5-13)16(11-26)20(27)28-21(29)17(32-22(19)28)10-12-2-6-14(24)7-3-12/h2-10,18H,27H2,1H3/b17-10-/t18-/m1/s1. The van der Waals surface area contributed by atoms with Gasteiger partial charge in [0.05, 0.1) is 34.8 Å².